The first-order chi connectivity index (χ1) is 12.1. The summed E-state index contributed by atoms with van der Waals surface area (Å²) in [5.41, 5.74) is 3.56. The van der Waals surface area contributed by atoms with E-state index in [4.69, 9.17) is 11.6 Å². The van der Waals surface area contributed by atoms with Crippen LogP contribution >= 0.6 is 11.6 Å². The fourth-order valence-electron chi connectivity index (χ4n) is 3.00. The summed E-state index contributed by atoms with van der Waals surface area (Å²) in [4.78, 5) is 19.1. The van der Waals surface area contributed by atoms with Crippen LogP contribution < -0.4 is 10.2 Å². The molecule has 1 amide bonds. The normalized spacial score (nSPS) is 16.0. The van der Waals surface area contributed by atoms with E-state index in [1.54, 1.807) is 11.1 Å². The van der Waals surface area contributed by atoms with E-state index in [1.807, 2.05) is 67.6 Å². The minimum Gasteiger partial charge on any atom is -0.361 e. The molecule has 1 atom stereocenters. The van der Waals surface area contributed by atoms with Crippen molar-refractivity contribution in [2.45, 2.75) is 13.1 Å². The minimum atomic E-state index is -0.319. The number of pyridine rings is 1. The number of hydrogen-bond donors (Lipinski definition) is 1. The Morgan fingerprint density at radius 2 is 1.80 bits per heavy atom. The zero-order chi connectivity index (χ0) is 17.4. The molecule has 3 aromatic rings. The highest BCUT2D eigenvalue weighted by molar-refractivity contribution is 6.30. The van der Waals surface area contributed by atoms with Crippen molar-refractivity contribution in [1.82, 2.24) is 4.98 Å². The Kier molecular flexibility index (Phi) is 3.90. The Morgan fingerprint density at radius 3 is 2.52 bits per heavy atom. The zero-order valence-electron chi connectivity index (χ0n) is 13.6. The molecule has 4 nitrogen and oxygen atoms in total. The third-order valence-corrected chi connectivity index (χ3v) is 4.50. The molecular weight excluding hydrogens is 334 g/mol. The fraction of sp³-hybridized carbons (Fsp3) is 0.100. The summed E-state index contributed by atoms with van der Waals surface area (Å²) in [6.45, 7) is 1.97. The maximum Gasteiger partial charge on any atom is 0.261 e. The molecule has 0 unspecified atom stereocenters. The van der Waals surface area contributed by atoms with Crippen molar-refractivity contribution in [1.29, 1.82) is 0 Å². The van der Waals surface area contributed by atoms with Crippen LogP contribution in [0, 0.1) is 6.92 Å². The third-order valence-electron chi connectivity index (χ3n) is 4.25. The Bertz CT molecular complexity index is 922. The van der Waals surface area contributed by atoms with E-state index in [-0.39, 0.29) is 12.1 Å². The standard InChI is InChI=1S/C20H16ClN3O/c1-13-6-11-18(22-12-13)24-19(23-15-9-7-14(21)8-10-15)16-4-2-3-5-17(16)20(24)25/h2-12,19,23H,1H3/t19-/m0/s1. The average molecular weight is 350 g/mol. The lowest BCUT2D eigenvalue weighted by molar-refractivity contribution is 0.0992. The van der Waals surface area contributed by atoms with Gasteiger partial charge in [0, 0.05) is 28.0 Å². The Balaban J connectivity index is 1.77. The van der Waals surface area contributed by atoms with Gasteiger partial charge in [0.05, 0.1) is 0 Å². The van der Waals surface area contributed by atoms with Crippen LogP contribution in [-0.4, -0.2) is 10.9 Å². The number of fused-ring (bicyclic) bond motifs is 1. The molecule has 1 N–H and O–H groups in total. The SMILES string of the molecule is Cc1ccc(N2C(=O)c3ccccc3[C@H]2Nc2ccc(Cl)cc2)nc1. The van der Waals surface area contributed by atoms with Crippen molar-refractivity contribution in [3.63, 3.8) is 0 Å². The summed E-state index contributed by atoms with van der Waals surface area (Å²) in [6.07, 6.45) is 1.45. The van der Waals surface area contributed by atoms with Crippen LogP contribution in [0.25, 0.3) is 0 Å². The zero-order valence-corrected chi connectivity index (χ0v) is 14.4. The molecule has 2 heterocycles. The first-order valence-corrected chi connectivity index (χ1v) is 8.38. The molecule has 1 aromatic heterocycles. The van der Waals surface area contributed by atoms with Crippen molar-refractivity contribution in [3.8, 4) is 0 Å². The van der Waals surface area contributed by atoms with Crippen LogP contribution in [-0.2, 0) is 0 Å². The van der Waals surface area contributed by atoms with Crippen LogP contribution in [0.2, 0.25) is 5.02 Å². The molecule has 4 rings (SSSR count). The molecule has 124 valence electrons. The Labute approximate surface area is 151 Å². The van der Waals surface area contributed by atoms with Gasteiger partial charge in [-0.2, -0.15) is 0 Å². The van der Waals surface area contributed by atoms with Gasteiger partial charge in [-0.15, -0.1) is 0 Å². The minimum absolute atomic E-state index is 0.0570. The number of hydrogen-bond acceptors (Lipinski definition) is 3. The predicted octanol–water partition coefficient (Wildman–Crippen LogP) is 4.81. The van der Waals surface area contributed by atoms with Gasteiger partial charge in [0.1, 0.15) is 12.0 Å². The van der Waals surface area contributed by atoms with E-state index in [1.165, 1.54) is 0 Å². The lowest BCUT2D eigenvalue weighted by Crippen LogP contribution is -2.32. The second-order valence-corrected chi connectivity index (χ2v) is 6.45. The molecule has 0 saturated carbocycles. The molecule has 0 spiro atoms. The third kappa shape index (κ3) is 2.85. The quantitative estimate of drug-likeness (QED) is 0.737. The number of nitrogens with one attached hydrogen (secondary N) is 1. The van der Waals surface area contributed by atoms with Gasteiger partial charge in [-0.25, -0.2) is 4.98 Å². The number of rotatable bonds is 3. The molecule has 2 aromatic carbocycles. The van der Waals surface area contributed by atoms with Crippen molar-refractivity contribution < 1.29 is 4.79 Å². The van der Waals surface area contributed by atoms with Crippen molar-refractivity contribution in [2.24, 2.45) is 0 Å². The number of carbonyl (C=O) groups is 1. The number of aryl methyl sites for hydroxylation is 1. The topological polar surface area (TPSA) is 45.2 Å². The van der Waals surface area contributed by atoms with Crippen LogP contribution in [0.3, 0.4) is 0 Å². The van der Waals surface area contributed by atoms with Gasteiger partial charge >= 0.3 is 0 Å². The summed E-state index contributed by atoms with van der Waals surface area (Å²) in [6, 6.07) is 18.9. The van der Waals surface area contributed by atoms with E-state index in [0.29, 0.717) is 16.4 Å². The number of nitrogens with zero attached hydrogens (tertiary/aromatic N) is 2. The molecule has 1 aliphatic heterocycles. The first kappa shape index (κ1) is 15.7. The van der Waals surface area contributed by atoms with Gasteiger partial charge in [-0.05, 0) is 48.9 Å². The molecule has 5 heteroatoms. The average Bonchev–Trinajstić information content (AvgIpc) is 2.90. The number of anilines is 2. The van der Waals surface area contributed by atoms with Gasteiger partial charge in [0.2, 0.25) is 0 Å². The van der Waals surface area contributed by atoms with Crippen LogP contribution in [0.4, 0.5) is 11.5 Å². The van der Waals surface area contributed by atoms with E-state index in [0.717, 1.165) is 16.8 Å². The lowest BCUT2D eigenvalue weighted by Gasteiger charge is -2.26. The van der Waals surface area contributed by atoms with Crippen molar-refractivity contribution in [2.75, 3.05) is 10.2 Å². The molecule has 25 heavy (non-hydrogen) atoms. The molecular formula is C20H16ClN3O. The van der Waals surface area contributed by atoms with Crippen molar-refractivity contribution >= 4 is 29.0 Å². The maximum atomic E-state index is 13.0. The summed E-state index contributed by atoms with van der Waals surface area (Å²) in [5.74, 6) is 0.566. The molecule has 0 fully saturated rings. The molecule has 0 bridgehead atoms. The lowest BCUT2D eigenvalue weighted by atomic mass is 10.1. The monoisotopic (exact) mass is 349 g/mol. The Morgan fingerprint density at radius 1 is 1.04 bits per heavy atom. The van der Waals surface area contributed by atoms with E-state index >= 15 is 0 Å². The molecule has 0 saturated heterocycles. The van der Waals surface area contributed by atoms with E-state index < -0.39 is 0 Å². The molecule has 1 aliphatic rings. The highest BCUT2D eigenvalue weighted by Gasteiger charge is 2.38. The van der Waals surface area contributed by atoms with Gasteiger partial charge in [0.15, 0.2) is 0 Å². The number of aromatic nitrogens is 1. The molecule has 0 radical (unpaired) electrons. The predicted molar refractivity (Wildman–Crippen MR) is 100 cm³/mol. The van der Waals surface area contributed by atoms with E-state index in [2.05, 4.69) is 10.3 Å². The van der Waals surface area contributed by atoms with Gasteiger partial charge in [-0.3, -0.25) is 9.69 Å². The second kappa shape index (κ2) is 6.22. The summed E-state index contributed by atoms with van der Waals surface area (Å²) in [7, 11) is 0. The first-order valence-electron chi connectivity index (χ1n) is 8.01. The smallest absolute Gasteiger partial charge is 0.261 e. The summed E-state index contributed by atoms with van der Waals surface area (Å²) < 4.78 is 0. The summed E-state index contributed by atoms with van der Waals surface area (Å²) >= 11 is 5.97. The summed E-state index contributed by atoms with van der Waals surface area (Å²) in [5, 5.41) is 4.10. The largest absolute Gasteiger partial charge is 0.361 e. The number of carbonyl (C=O) groups excluding carboxylic acids is 1. The van der Waals surface area contributed by atoms with Crippen LogP contribution in [0.5, 0.6) is 0 Å². The highest BCUT2D eigenvalue weighted by atomic mass is 35.5. The van der Waals surface area contributed by atoms with Crippen LogP contribution in [0.1, 0.15) is 27.7 Å². The van der Waals surface area contributed by atoms with Gasteiger partial charge in [-0.1, -0.05) is 35.9 Å². The Hall–Kier alpha value is -2.85. The fourth-order valence-corrected chi connectivity index (χ4v) is 3.13. The number of benzene rings is 2. The van der Waals surface area contributed by atoms with Gasteiger partial charge < -0.3 is 5.32 Å². The molecule has 0 aliphatic carbocycles. The van der Waals surface area contributed by atoms with Crippen molar-refractivity contribution in [3.05, 3.63) is 88.6 Å². The van der Waals surface area contributed by atoms with Gasteiger partial charge in [0.25, 0.3) is 5.91 Å². The second-order valence-electron chi connectivity index (χ2n) is 6.01. The number of amides is 1. The highest BCUT2D eigenvalue weighted by Crippen LogP contribution is 2.37. The van der Waals surface area contributed by atoms with Crippen LogP contribution in [0.15, 0.2) is 66.9 Å². The number of halogens is 1. The van der Waals surface area contributed by atoms with E-state index in [9.17, 15) is 4.79 Å². The maximum absolute atomic E-state index is 13.0.